The van der Waals surface area contributed by atoms with Crippen LogP contribution in [0.15, 0.2) is 59.9 Å². The second-order valence-corrected chi connectivity index (χ2v) is 6.87. The molecule has 0 saturated heterocycles. The SMILES string of the molecule is C=CCn1c(=S)[nH]c2cc(C(=O)N(C)Cc3ccccc3C)ccc2c1=O. The summed E-state index contributed by atoms with van der Waals surface area (Å²) in [4.78, 5) is 30.1. The number of fused-ring (bicyclic) bond motifs is 1. The van der Waals surface area contributed by atoms with Gasteiger partial charge in [-0.05, 0) is 48.5 Å². The second kappa shape index (κ2) is 7.72. The summed E-state index contributed by atoms with van der Waals surface area (Å²) in [5.74, 6) is -0.116. The number of carbonyl (C=O) groups excluding carboxylic acids is 1. The van der Waals surface area contributed by atoms with Crippen LogP contribution in [0.1, 0.15) is 21.5 Å². The van der Waals surface area contributed by atoms with Gasteiger partial charge in [0.05, 0.1) is 10.9 Å². The highest BCUT2D eigenvalue weighted by atomic mass is 32.1. The molecule has 0 atom stereocenters. The van der Waals surface area contributed by atoms with E-state index in [0.29, 0.717) is 34.3 Å². The third-order valence-electron chi connectivity index (χ3n) is 4.56. The number of nitrogens with zero attached hydrogens (tertiary/aromatic N) is 2. The van der Waals surface area contributed by atoms with Crippen LogP contribution in [0.3, 0.4) is 0 Å². The number of carbonyl (C=O) groups is 1. The monoisotopic (exact) mass is 379 g/mol. The molecule has 0 spiro atoms. The molecule has 0 fully saturated rings. The molecule has 138 valence electrons. The summed E-state index contributed by atoms with van der Waals surface area (Å²) in [7, 11) is 1.77. The largest absolute Gasteiger partial charge is 0.337 e. The van der Waals surface area contributed by atoms with E-state index in [0.717, 1.165) is 11.1 Å². The zero-order chi connectivity index (χ0) is 19.6. The Morgan fingerprint density at radius 1 is 1.30 bits per heavy atom. The van der Waals surface area contributed by atoms with Crippen LogP contribution < -0.4 is 5.56 Å². The van der Waals surface area contributed by atoms with E-state index in [1.165, 1.54) is 4.57 Å². The van der Waals surface area contributed by atoms with Gasteiger partial charge in [-0.25, -0.2) is 0 Å². The predicted octanol–water partition coefficient (Wildman–Crippen LogP) is 3.83. The predicted molar refractivity (Wildman–Crippen MR) is 111 cm³/mol. The smallest absolute Gasteiger partial charge is 0.262 e. The average Bonchev–Trinajstić information content (AvgIpc) is 2.65. The fourth-order valence-corrected chi connectivity index (χ4v) is 3.29. The van der Waals surface area contributed by atoms with Crippen molar-refractivity contribution >= 4 is 29.0 Å². The van der Waals surface area contributed by atoms with Crippen molar-refractivity contribution in [1.29, 1.82) is 0 Å². The molecule has 1 amide bonds. The lowest BCUT2D eigenvalue weighted by molar-refractivity contribution is 0.0785. The van der Waals surface area contributed by atoms with Crippen LogP contribution in [-0.4, -0.2) is 27.4 Å². The zero-order valence-electron chi connectivity index (χ0n) is 15.4. The molecule has 0 aliphatic carbocycles. The molecule has 2 aromatic carbocycles. The number of aromatic amines is 1. The van der Waals surface area contributed by atoms with Crippen molar-refractivity contribution in [2.24, 2.45) is 0 Å². The fraction of sp³-hybridized carbons (Fsp3) is 0.190. The van der Waals surface area contributed by atoms with Gasteiger partial charge in [0, 0.05) is 25.7 Å². The number of H-pyrrole nitrogens is 1. The molecule has 5 nitrogen and oxygen atoms in total. The lowest BCUT2D eigenvalue weighted by Gasteiger charge is -2.19. The first-order valence-corrected chi connectivity index (χ1v) is 9.01. The Balaban J connectivity index is 1.95. The minimum absolute atomic E-state index is 0.116. The molecule has 0 aliphatic rings. The highest BCUT2D eigenvalue weighted by Crippen LogP contribution is 2.15. The van der Waals surface area contributed by atoms with Crippen molar-refractivity contribution in [2.45, 2.75) is 20.0 Å². The molecule has 0 bridgehead atoms. The van der Waals surface area contributed by atoms with E-state index in [1.54, 1.807) is 36.2 Å². The van der Waals surface area contributed by atoms with Crippen molar-refractivity contribution in [3.05, 3.63) is 86.9 Å². The van der Waals surface area contributed by atoms with Crippen LogP contribution in [0.25, 0.3) is 10.9 Å². The van der Waals surface area contributed by atoms with Crippen molar-refractivity contribution < 1.29 is 4.79 Å². The quantitative estimate of drug-likeness (QED) is 0.541. The van der Waals surface area contributed by atoms with Crippen LogP contribution >= 0.6 is 12.2 Å². The molecule has 3 aromatic rings. The highest BCUT2D eigenvalue weighted by Gasteiger charge is 2.15. The maximum absolute atomic E-state index is 12.8. The standard InChI is InChI=1S/C21H21N3O2S/c1-4-11-24-20(26)17-10-9-15(12-18(17)22-21(24)27)19(25)23(3)13-16-8-6-5-7-14(16)2/h4-10,12H,1,11,13H2,2-3H3,(H,22,27). The lowest BCUT2D eigenvalue weighted by Crippen LogP contribution is -2.27. The van der Waals surface area contributed by atoms with Gasteiger partial charge in [0.2, 0.25) is 0 Å². The molecule has 0 radical (unpaired) electrons. The molecule has 6 heteroatoms. The summed E-state index contributed by atoms with van der Waals surface area (Å²) in [6.45, 7) is 6.52. The topological polar surface area (TPSA) is 58.1 Å². The van der Waals surface area contributed by atoms with Gasteiger partial charge in [0.1, 0.15) is 0 Å². The van der Waals surface area contributed by atoms with Crippen molar-refractivity contribution in [2.75, 3.05) is 7.05 Å². The fourth-order valence-electron chi connectivity index (χ4n) is 3.02. The lowest BCUT2D eigenvalue weighted by atomic mass is 10.1. The first kappa shape index (κ1) is 18.8. The van der Waals surface area contributed by atoms with Gasteiger partial charge < -0.3 is 9.88 Å². The Bertz CT molecular complexity index is 1140. The van der Waals surface area contributed by atoms with Gasteiger partial charge in [-0.2, -0.15) is 0 Å². The van der Waals surface area contributed by atoms with E-state index < -0.39 is 0 Å². The van der Waals surface area contributed by atoms with Gasteiger partial charge in [0.25, 0.3) is 11.5 Å². The van der Waals surface area contributed by atoms with E-state index in [2.05, 4.69) is 11.6 Å². The second-order valence-electron chi connectivity index (χ2n) is 6.48. The number of aryl methyl sites for hydroxylation is 1. The molecule has 3 rings (SSSR count). The highest BCUT2D eigenvalue weighted by molar-refractivity contribution is 7.71. The molecule has 0 aliphatic heterocycles. The summed E-state index contributed by atoms with van der Waals surface area (Å²) in [6.07, 6.45) is 1.62. The van der Waals surface area contributed by atoms with Crippen LogP contribution in [-0.2, 0) is 13.1 Å². The molecule has 27 heavy (non-hydrogen) atoms. The molecule has 1 heterocycles. The van der Waals surface area contributed by atoms with Gasteiger partial charge in [-0.1, -0.05) is 30.3 Å². The van der Waals surface area contributed by atoms with Crippen LogP contribution in [0.4, 0.5) is 0 Å². The van der Waals surface area contributed by atoms with E-state index >= 15 is 0 Å². The van der Waals surface area contributed by atoms with E-state index in [9.17, 15) is 9.59 Å². The third-order valence-corrected chi connectivity index (χ3v) is 4.88. The number of rotatable bonds is 5. The number of nitrogens with one attached hydrogen (secondary N) is 1. The maximum Gasteiger partial charge on any atom is 0.262 e. The van der Waals surface area contributed by atoms with Crippen molar-refractivity contribution in [3.63, 3.8) is 0 Å². The molecular weight excluding hydrogens is 358 g/mol. The van der Waals surface area contributed by atoms with Gasteiger partial charge in [-0.15, -0.1) is 6.58 Å². The van der Waals surface area contributed by atoms with Gasteiger partial charge in [0.15, 0.2) is 4.77 Å². The Morgan fingerprint density at radius 3 is 2.74 bits per heavy atom. The summed E-state index contributed by atoms with van der Waals surface area (Å²) in [5.41, 5.74) is 3.11. The van der Waals surface area contributed by atoms with Crippen molar-refractivity contribution in [1.82, 2.24) is 14.5 Å². The number of amides is 1. The normalized spacial score (nSPS) is 10.7. The molecule has 0 unspecified atom stereocenters. The summed E-state index contributed by atoms with van der Waals surface area (Å²) >= 11 is 5.26. The molecule has 1 aromatic heterocycles. The number of hydrogen-bond acceptors (Lipinski definition) is 3. The first-order valence-electron chi connectivity index (χ1n) is 8.60. The van der Waals surface area contributed by atoms with E-state index in [4.69, 9.17) is 12.2 Å². The zero-order valence-corrected chi connectivity index (χ0v) is 16.2. The van der Waals surface area contributed by atoms with Gasteiger partial charge in [-0.3, -0.25) is 14.2 Å². The van der Waals surface area contributed by atoms with Crippen LogP contribution in [0.5, 0.6) is 0 Å². The minimum Gasteiger partial charge on any atom is -0.337 e. The summed E-state index contributed by atoms with van der Waals surface area (Å²) in [6, 6.07) is 13.0. The van der Waals surface area contributed by atoms with Crippen LogP contribution in [0.2, 0.25) is 0 Å². The Kier molecular flexibility index (Phi) is 5.37. The Morgan fingerprint density at radius 2 is 2.04 bits per heavy atom. The number of benzene rings is 2. The van der Waals surface area contributed by atoms with Crippen molar-refractivity contribution in [3.8, 4) is 0 Å². The van der Waals surface area contributed by atoms with E-state index in [-0.39, 0.29) is 11.5 Å². The number of hydrogen-bond donors (Lipinski definition) is 1. The Hall–Kier alpha value is -2.99. The summed E-state index contributed by atoms with van der Waals surface area (Å²) in [5, 5.41) is 0.489. The van der Waals surface area contributed by atoms with E-state index in [1.807, 2.05) is 31.2 Å². The van der Waals surface area contributed by atoms with Crippen LogP contribution in [0, 0.1) is 11.7 Å². The maximum atomic E-state index is 12.8. The first-order chi connectivity index (χ1) is 12.9. The molecule has 0 saturated carbocycles. The summed E-state index contributed by atoms with van der Waals surface area (Å²) < 4.78 is 1.75. The minimum atomic E-state index is -0.194. The molecule has 1 N–H and O–H groups in total. The Labute approximate surface area is 162 Å². The third kappa shape index (κ3) is 3.75. The molecular formula is C21H21N3O2S. The van der Waals surface area contributed by atoms with Gasteiger partial charge >= 0.3 is 0 Å². The number of allylic oxidation sites excluding steroid dienone is 1. The number of aromatic nitrogens is 2. The average molecular weight is 379 g/mol.